The lowest BCUT2D eigenvalue weighted by Gasteiger charge is -1.97. The van der Waals surface area contributed by atoms with Crippen molar-refractivity contribution in [2.24, 2.45) is 9.98 Å². The monoisotopic (exact) mass is 334 g/mol. The average molecular weight is 334 g/mol. The summed E-state index contributed by atoms with van der Waals surface area (Å²) in [5.74, 6) is 0. The fraction of sp³-hybridized carbons (Fsp3) is 0. The van der Waals surface area contributed by atoms with Crippen molar-refractivity contribution in [3.8, 4) is 11.1 Å². The van der Waals surface area contributed by atoms with Crippen molar-refractivity contribution in [2.75, 3.05) is 0 Å². The fourth-order valence-electron chi connectivity index (χ4n) is 2.90. The molecule has 0 radical (unpaired) electrons. The van der Waals surface area contributed by atoms with Crippen molar-refractivity contribution < 1.29 is 0 Å². The molecule has 2 aliphatic rings. The molecule has 0 atom stereocenters. The Kier molecular flexibility index (Phi) is 4.66. The molecule has 0 aromatic heterocycles. The van der Waals surface area contributed by atoms with Gasteiger partial charge in [-0.3, -0.25) is 9.98 Å². The van der Waals surface area contributed by atoms with Crippen LogP contribution >= 0.6 is 0 Å². The molecule has 2 nitrogen and oxygen atoms in total. The molecule has 0 heterocycles. The van der Waals surface area contributed by atoms with E-state index in [1.54, 1.807) is 0 Å². The topological polar surface area (TPSA) is 24.7 Å². The highest BCUT2D eigenvalue weighted by Crippen LogP contribution is 2.30. The van der Waals surface area contributed by atoms with E-state index in [1.807, 2.05) is 79.2 Å². The summed E-state index contributed by atoms with van der Waals surface area (Å²) in [4.78, 5) is 9.22. The van der Waals surface area contributed by atoms with E-state index in [-0.39, 0.29) is 0 Å². The molecule has 4 rings (SSSR count). The smallest absolute Gasteiger partial charge is 0.0629 e. The molecule has 2 heteroatoms. The second kappa shape index (κ2) is 7.58. The van der Waals surface area contributed by atoms with Gasteiger partial charge in [-0.05, 0) is 41.5 Å². The van der Waals surface area contributed by atoms with Gasteiger partial charge in [-0.2, -0.15) is 0 Å². The number of para-hydroxylation sites is 2. The highest BCUT2D eigenvalue weighted by atomic mass is 14.7. The minimum atomic E-state index is 0.946. The molecule has 0 N–H and O–H groups in total. The molecule has 0 saturated carbocycles. The zero-order valence-corrected chi connectivity index (χ0v) is 14.3. The third-order valence-electron chi connectivity index (χ3n) is 4.19. The Bertz CT molecular complexity index is 937. The summed E-state index contributed by atoms with van der Waals surface area (Å²) in [6.45, 7) is 0. The standard InChI is InChI=1S/C24H18N2/c1-4-10-21(11-5-1)25-17-19-16-20(18-26-22-12-6-2-7-13-22)24-15-9-3-8-14-23(19)24/h1-18H. The van der Waals surface area contributed by atoms with Crippen LogP contribution in [0.3, 0.4) is 0 Å². The van der Waals surface area contributed by atoms with E-state index in [2.05, 4.69) is 40.3 Å². The number of hydrogen-bond donors (Lipinski definition) is 0. The molecule has 0 fully saturated rings. The first-order valence-corrected chi connectivity index (χ1v) is 8.60. The van der Waals surface area contributed by atoms with E-state index >= 15 is 0 Å². The van der Waals surface area contributed by atoms with Gasteiger partial charge in [0.2, 0.25) is 0 Å². The van der Waals surface area contributed by atoms with Crippen LogP contribution in [-0.4, -0.2) is 12.4 Å². The van der Waals surface area contributed by atoms with Crippen LogP contribution in [0.2, 0.25) is 0 Å². The van der Waals surface area contributed by atoms with Crippen LogP contribution in [0, 0.1) is 0 Å². The van der Waals surface area contributed by atoms with Gasteiger partial charge in [0, 0.05) is 23.6 Å². The Morgan fingerprint density at radius 2 is 0.846 bits per heavy atom. The third kappa shape index (κ3) is 3.60. The summed E-state index contributed by atoms with van der Waals surface area (Å²) in [7, 11) is 0. The van der Waals surface area contributed by atoms with Crippen LogP contribution < -0.4 is 0 Å². The molecule has 2 aromatic carbocycles. The van der Waals surface area contributed by atoms with Gasteiger partial charge in [-0.15, -0.1) is 0 Å². The van der Waals surface area contributed by atoms with Crippen LogP contribution in [0.4, 0.5) is 11.4 Å². The maximum absolute atomic E-state index is 4.61. The van der Waals surface area contributed by atoms with Crippen LogP contribution in [0.1, 0.15) is 11.1 Å². The second-order valence-electron chi connectivity index (χ2n) is 5.98. The minimum Gasteiger partial charge on any atom is -0.256 e. The third-order valence-corrected chi connectivity index (χ3v) is 4.19. The number of hydrogen-bond acceptors (Lipinski definition) is 2. The minimum absolute atomic E-state index is 0.946. The van der Waals surface area contributed by atoms with Gasteiger partial charge < -0.3 is 0 Å². The maximum Gasteiger partial charge on any atom is 0.0629 e. The summed E-state index contributed by atoms with van der Waals surface area (Å²) < 4.78 is 0. The molecule has 0 bridgehead atoms. The molecule has 0 spiro atoms. The Morgan fingerprint density at radius 1 is 0.462 bits per heavy atom. The fourth-order valence-corrected chi connectivity index (χ4v) is 2.90. The number of aliphatic imine (C=N–C) groups is 2. The van der Waals surface area contributed by atoms with Crippen molar-refractivity contribution >= 4 is 23.8 Å². The highest BCUT2D eigenvalue weighted by Gasteiger charge is 2.12. The summed E-state index contributed by atoms with van der Waals surface area (Å²) in [6, 6.07) is 32.5. The molecule has 124 valence electrons. The lowest BCUT2D eigenvalue weighted by molar-refractivity contribution is 1.53. The van der Waals surface area contributed by atoms with Gasteiger partial charge in [0.1, 0.15) is 0 Å². The first kappa shape index (κ1) is 16.0. The quantitative estimate of drug-likeness (QED) is 0.392. The Morgan fingerprint density at radius 3 is 1.27 bits per heavy atom. The summed E-state index contributed by atoms with van der Waals surface area (Å²) in [5, 5.41) is 0. The van der Waals surface area contributed by atoms with Crippen LogP contribution in [-0.2, 0) is 0 Å². The van der Waals surface area contributed by atoms with Crippen molar-refractivity contribution in [3.05, 3.63) is 108 Å². The molecular weight excluding hydrogens is 316 g/mol. The van der Waals surface area contributed by atoms with E-state index in [0.29, 0.717) is 0 Å². The molecule has 0 aliphatic heterocycles. The van der Waals surface area contributed by atoms with Gasteiger partial charge in [0.05, 0.1) is 11.4 Å². The van der Waals surface area contributed by atoms with Gasteiger partial charge in [0.25, 0.3) is 0 Å². The van der Waals surface area contributed by atoms with Gasteiger partial charge >= 0.3 is 0 Å². The first-order chi connectivity index (χ1) is 12.9. The molecule has 0 amide bonds. The molecule has 26 heavy (non-hydrogen) atoms. The van der Waals surface area contributed by atoms with E-state index in [4.69, 9.17) is 0 Å². The number of nitrogens with zero attached hydrogens (tertiary/aromatic N) is 2. The summed E-state index contributed by atoms with van der Waals surface area (Å²) in [6.07, 6.45) is 3.86. The number of fused-ring (bicyclic) bond motifs is 1. The Labute approximate surface area is 153 Å². The lowest BCUT2D eigenvalue weighted by Crippen LogP contribution is -1.79. The SMILES string of the molecule is C(=Nc1ccccc1)c1cc(C=Nc2ccccc2)c2cccccc1-2. The first-order valence-electron chi connectivity index (χ1n) is 8.60. The van der Waals surface area contributed by atoms with Crippen molar-refractivity contribution in [1.29, 1.82) is 0 Å². The molecule has 0 saturated heterocycles. The van der Waals surface area contributed by atoms with Gasteiger partial charge in [-0.25, -0.2) is 0 Å². The van der Waals surface area contributed by atoms with E-state index in [0.717, 1.165) is 22.5 Å². The predicted molar refractivity (Wildman–Crippen MR) is 110 cm³/mol. The van der Waals surface area contributed by atoms with Crippen LogP contribution in [0.5, 0.6) is 0 Å². The zero-order valence-electron chi connectivity index (χ0n) is 14.3. The lowest BCUT2D eigenvalue weighted by atomic mass is 10.1. The van der Waals surface area contributed by atoms with Gasteiger partial charge in [0.15, 0.2) is 0 Å². The van der Waals surface area contributed by atoms with Crippen molar-refractivity contribution in [1.82, 2.24) is 0 Å². The van der Waals surface area contributed by atoms with Crippen molar-refractivity contribution in [3.63, 3.8) is 0 Å². The molecular formula is C24H18N2. The molecule has 2 aliphatic carbocycles. The summed E-state index contributed by atoms with van der Waals surface area (Å²) in [5.41, 5.74) is 6.42. The second-order valence-corrected chi connectivity index (χ2v) is 5.98. The maximum atomic E-state index is 4.61. The normalized spacial score (nSPS) is 11.5. The van der Waals surface area contributed by atoms with E-state index in [1.165, 1.54) is 11.1 Å². The Hall–Kier alpha value is -3.52. The molecule has 0 unspecified atom stereocenters. The largest absolute Gasteiger partial charge is 0.256 e. The Balaban J connectivity index is 1.73. The number of rotatable bonds is 4. The highest BCUT2D eigenvalue weighted by molar-refractivity contribution is 6.02. The number of benzene rings is 2. The molecule has 2 aromatic rings. The van der Waals surface area contributed by atoms with E-state index < -0.39 is 0 Å². The van der Waals surface area contributed by atoms with E-state index in [9.17, 15) is 0 Å². The average Bonchev–Trinajstić information content (AvgIpc) is 2.86. The van der Waals surface area contributed by atoms with Gasteiger partial charge in [-0.1, -0.05) is 66.7 Å². The van der Waals surface area contributed by atoms with Crippen molar-refractivity contribution in [2.45, 2.75) is 0 Å². The van der Waals surface area contributed by atoms with Crippen LogP contribution in [0.25, 0.3) is 11.1 Å². The van der Waals surface area contributed by atoms with Crippen LogP contribution in [0.15, 0.2) is 107 Å². The predicted octanol–water partition coefficient (Wildman–Crippen LogP) is 6.29. The zero-order chi connectivity index (χ0) is 17.6. The summed E-state index contributed by atoms with van der Waals surface area (Å²) >= 11 is 0.